The maximum absolute atomic E-state index is 12.8. The largest absolute Gasteiger partial charge is 0.299 e. The summed E-state index contributed by atoms with van der Waals surface area (Å²) < 4.78 is 26.6. The van der Waals surface area contributed by atoms with Gasteiger partial charge in [0.05, 0.1) is 22.0 Å². The molecule has 1 heterocycles. The number of thioether (sulfide) groups is 1. The van der Waals surface area contributed by atoms with Crippen LogP contribution in [-0.2, 0) is 14.8 Å². The lowest BCUT2D eigenvalue weighted by Crippen LogP contribution is -2.47. The van der Waals surface area contributed by atoms with Gasteiger partial charge in [0.1, 0.15) is 6.04 Å². The molecule has 0 bridgehead atoms. The molecule has 1 aromatic heterocycles. The van der Waals surface area contributed by atoms with E-state index in [1.807, 2.05) is 6.92 Å². The average molecular weight is 469 g/mol. The molecule has 0 saturated heterocycles. The molecule has 0 spiro atoms. The van der Waals surface area contributed by atoms with E-state index in [-0.39, 0.29) is 17.1 Å². The number of nitrogens with one attached hydrogen (secondary N) is 1. The number of hydrogen-bond acceptors (Lipinski definition) is 7. The average Bonchev–Trinajstić information content (AvgIpc) is 3.01. The molecular weight excluding hydrogens is 451 g/mol. The second kappa shape index (κ2) is 9.42. The zero-order valence-electron chi connectivity index (χ0n) is 14.8. The highest BCUT2D eigenvalue weighted by Crippen LogP contribution is 2.31. The Morgan fingerprint density at radius 2 is 2.00 bits per heavy atom. The van der Waals surface area contributed by atoms with E-state index in [9.17, 15) is 13.2 Å². The molecule has 0 fully saturated rings. The minimum absolute atomic E-state index is 0.198. The lowest BCUT2D eigenvalue weighted by molar-refractivity contribution is -0.117. The van der Waals surface area contributed by atoms with Crippen LogP contribution in [-0.4, -0.2) is 42.6 Å². The first kappa shape index (κ1) is 22.2. The fraction of sp³-hybridized carbons (Fsp3) is 0.400. The molecule has 27 heavy (non-hydrogen) atoms. The van der Waals surface area contributed by atoms with Gasteiger partial charge in [-0.25, -0.2) is 8.42 Å². The highest BCUT2D eigenvalue weighted by atomic mass is 35.5. The summed E-state index contributed by atoms with van der Waals surface area (Å²) in [5.74, 6) is 0.331. The number of benzene rings is 1. The predicted octanol–water partition coefficient (Wildman–Crippen LogP) is 4.14. The highest BCUT2D eigenvalue weighted by molar-refractivity contribution is 8.01. The molecular formula is C15H18Cl2N4O3S3. The molecule has 0 aliphatic carbocycles. The van der Waals surface area contributed by atoms with Gasteiger partial charge in [0.2, 0.25) is 21.1 Å². The van der Waals surface area contributed by atoms with E-state index in [0.717, 1.165) is 20.7 Å². The van der Waals surface area contributed by atoms with Gasteiger partial charge in [0.25, 0.3) is 0 Å². The van der Waals surface area contributed by atoms with Crippen molar-refractivity contribution in [1.82, 2.24) is 10.2 Å². The van der Waals surface area contributed by atoms with Crippen molar-refractivity contribution in [3.63, 3.8) is 0 Å². The van der Waals surface area contributed by atoms with E-state index >= 15 is 0 Å². The topological polar surface area (TPSA) is 92.3 Å². The van der Waals surface area contributed by atoms with Crippen molar-refractivity contribution < 1.29 is 13.2 Å². The number of hydrogen-bond donors (Lipinski definition) is 1. The maximum Gasteiger partial charge on any atom is 0.250 e. The predicted molar refractivity (Wildman–Crippen MR) is 113 cm³/mol. The van der Waals surface area contributed by atoms with Gasteiger partial charge in [0, 0.05) is 0 Å². The summed E-state index contributed by atoms with van der Waals surface area (Å²) >= 11 is 14.7. The molecule has 2 aromatic rings. The number of carbonyl (C=O) groups excluding carboxylic acids is 1. The minimum Gasteiger partial charge on any atom is -0.299 e. The fourth-order valence-corrected chi connectivity index (χ4v) is 5.46. The molecule has 7 nitrogen and oxygen atoms in total. The normalized spacial score (nSPS) is 12.6. The minimum atomic E-state index is -3.77. The molecule has 1 amide bonds. The summed E-state index contributed by atoms with van der Waals surface area (Å²) in [6.07, 6.45) is 1.28. The second-order valence-electron chi connectivity index (χ2n) is 5.38. The number of anilines is 2. The van der Waals surface area contributed by atoms with Crippen LogP contribution in [0.15, 0.2) is 22.5 Å². The Morgan fingerprint density at radius 3 is 2.56 bits per heavy atom. The first-order valence-corrected chi connectivity index (χ1v) is 12.3. The summed E-state index contributed by atoms with van der Waals surface area (Å²) in [7, 11) is -3.77. The van der Waals surface area contributed by atoms with Gasteiger partial charge in [-0.15, -0.1) is 10.2 Å². The van der Waals surface area contributed by atoms with Crippen molar-refractivity contribution in [2.75, 3.05) is 21.6 Å². The molecule has 1 N–H and O–H groups in total. The lowest BCUT2D eigenvalue weighted by Gasteiger charge is -2.30. The first-order chi connectivity index (χ1) is 12.7. The Kier molecular flexibility index (Phi) is 7.75. The standard InChI is InChI=1S/C15H18Cl2N4O3S3/c1-4-12(13(22)18-14-19-20-15(26-14)25-5-2)21(27(3,23)24)9-6-7-10(16)11(17)8-9/h6-8,12H,4-5H2,1-3H3,(H,18,19,22). The molecule has 1 unspecified atom stereocenters. The molecule has 1 aromatic carbocycles. The van der Waals surface area contributed by atoms with Crippen molar-refractivity contribution in [3.8, 4) is 0 Å². The van der Waals surface area contributed by atoms with Crippen molar-refractivity contribution in [2.45, 2.75) is 30.6 Å². The fourth-order valence-electron chi connectivity index (χ4n) is 2.31. The van der Waals surface area contributed by atoms with Gasteiger partial charge in [-0.2, -0.15) is 0 Å². The number of rotatable bonds is 8. The van der Waals surface area contributed by atoms with Crippen LogP contribution in [0.1, 0.15) is 20.3 Å². The zero-order valence-corrected chi connectivity index (χ0v) is 18.7. The third-order valence-corrected chi connectivity index (χ3v) is 7.16. The van der Waals surface area contributed by atoms with Gasteiger partial charge in [0.15, 0.2) is 4.34 Å². The summed E-state index contributed by atoms with van der Waals surface area (Å²) in [4.78, 5) is 12.8. The third-order valence-electron chi connectivity index (χ3n) is 3.39. The van der Waals surface area contributed by atoms with Gasteiger partial charge in [-0.05, 0) is 30.4 Å². The Morgan fingerprint density at radius 1 is 1.30 bits per heavy atom. The van der Waals surface area contributed by atoms with Crippen molar-refractivity contribution >= 4 is 73.0 Å². The molecule has 1 atom stereocenters. The van der Waals surface area contributed by atoms with E-state index in [2.05, 4.69) is 15.5 Å². The molecule has 0 aliphatic heterocycles. The quantitative estimate of drug-likeness (QED) is 0.462. The van der Waals surface area contributed by atoms with Crippen LogP contribution in [0.25, 0.3) is 0 Å². The molecule has 2 rings (SSSR count). The first-order valence-electron chi connectivity index (χ1n) is 7.89. The van der Waals surface area contributed by atoms with Gasteiger partial charge < -0.3 is 0 Å². The molecule has 12 heteroatoms. The summed E-state index contributed by atoms with van der Waals surface area (Å²) in [6.45, 7) is 3.71. The van der Waals surface area contributed by atoms with Gasteiger partial charge >= 0.3 is 0 Å². The summed E-state index contributed by atoms with van der Waals surface area (Å²) in [6, 6.07) is 3.43. The van der Waals surface area contributed by atoms with Gasteiger partial charge in [-0.1, -0.05) is 60.1 Å². The number of aromatic nitrogens is 2. The van der Waals surface area contributed by atoms with E-state index in [4.69, 9.17) is 23.2 Å². The van der Waals surface area contributed by atoms with E-state index in [1.165, 1.54) is 41.3 Å². The Balaban J connectivity index is 2.33. The van der Waals surface area contributed by atoms with Crippen molar-refractivity contribution in [3.05, 3.63) is 28.2 Å². The smallest absolute Gasteiger partial charge is 0.250 e. The monoisotopic (exact) mass is 468 g/mol. The molecule has 0 aliphatic rings. The van der Waals surface area contributed by atoms with E-state index in [1.54, 1.807) is 6.92 Å². The lowest BCUT2D eigenvalue weighted by atomic mass is 10.2. The SMILES string of the molecule is CCSc1nnc(NC(=O)C(CC)N(c2ccc(Cl)c(Cl)c2)S(C)(=O)=O)s1. The van der Waals surface area contributed by atoms with E-state index < -0.39 is 22.0 Å². The van der Waals surface area contributed by atoms with Crippen molar-refractivity contribution in [2.24, 2.45) is 0 Å². The highest BCUT2D eigenvalue weighted by Gasteiger charge is 2.32. The van der Waals surface area contributed by atoms with Crippen LogP contribution in [0.3, 0.4) is 0 Å². The Hall–Kier alpha value is -1.07. The summed E-state index contributed by atoms with van der Waals surface area (Å²) in [5.41, 5.74) is 0.258. The zero-order chi connectivity index (χ0) is 20.2. The number of sulfonamides is 1. The van der Waals surface area contributed by atoms with Gasteiger partial charge in [-0.3, -0.25) is 14.4 Å². The number of carbonyl (C=O) groups is 1. The van der Waals surface area contributed by atoms with E-state index in [0.29, 0.717) is 10.2 Å². The van der Waals surface area contributed by atoms with Crippen LogP contribution >= 0.6 is 46.3 Å². The molecule has 0 saturated carbocycles. The number of halogens is 2. The summed E-state index contributed by atoms with van der Waals surface area (Å²) in [5, 5.41) is 11.3. The second-order valence-corrected chi connectivity index (χ2v) is 10.5. The van der Waals surface area contributed by atoms with Crippen LogP contribution < -0.4 is 9.62 Å². The third kappa shape index (κ3) is 5.71. The number of nitrogens with zero attached hydrogens (tertiary/aromatic N) is 3. The Labute approximate surface area is 176 Å². The van der Waals surface area contributed by atoms with Crippen molar-refractivity contribution in [1.29, 1.82) is 0 Å². The maximum atomic E-state index is 12.8. The number of amides is 1. The van der Waals surface area contributed by atoms with Crippen LogP contribution in [0.5, 0.6) is 0 Å². The molecule has 0 radical (unpaired) electrons. The van der Waals surface area contributed by atoms with Crippen LogP contribution in [0.2, 0.25) is 10.0 Å². The van der Waals surface area contributed by atoms with Crippen LogP contribution in [0, 0.1) is 0 Å². The Bertz CT molecular complexity index is 921. The molecule has 148 valence electrons. The van der Waals surface area contributed by atoms with Crippen LogP contribution in [0.4, 0.5) is 10.8 Å².